The fraction of sp³-hybridized carbons (Fsp3) is 0.500. The van der Waals surface area contributed by atoms with Crippen LogP contribution >= 0.6 is 11.6 Å². The van der Waals surface area contributed by atoms with Crippen LogP contribution in [0.3, 0.4) is 0 Å². The number of nitrogen functional groups attached to an aromatic ring is 1. The Balaban J connectivity index is 2.04. The molecular weight excluding hydrogens is 384 g/mol. The summed E-state index contributed by atoms with van der Waals surface area (Å²) in [6, 6.07) is 2.31. The molecule has 1 aromatic rings. The Kier molecular flexibility index (Phi) is 6.35. The summed E-state index contributed by atoms with van der Waals surface area (Å²) in [6.45, 7) is 1.56. The smallest absolute Gasteiger partial charge is 0.342 e. The highest BCUT2D eigenvalue weighted by molar-refractivity contribution is 7.91. The fourth-order valence-corrected chi connectivity index (χ4v) is 4.74. The quantitative estimate of drug-likeness (QED) is 0.557. The molecule has 2 N–H and O–H groups in total. The van der Waals surface area contributed by atoms with Crippen molar-refractivity contribution in [1.29, 1.82) is 0 Å². The molecule has 2 rings (SSSR count). The molecular formula is C16H21ClN2O6S. The maximum Gasteiger partial charge on any atom is 0.342 e. The molecule has 8 nitrogen and oxygen atoms in total. The van der Waals surface area contributed by atoms with E-state index < -0.39 is 34.4 Å². The lowest BCUT2D eigenvalue weighted by Gasteiger charge is -2.26. The number of hydrogen-bond acceptors (Lipinski definition) is 7. The van der Waals surface area contributed by atoms with Gasteiger partial charge in [-0.25, -0.2) is 13.2 Å². The summed E-state index contributed by atoms with van der Waals surface area (Å²) in [5.74, 6) is -1.07. The van der Waals surface area contributed by atoms with Gasteiger partial charge in [0.2, 0.25) is 0 Å². The maximum absolute atomic E-state index is 12.4. The van der Waals surface area contributed by atoms with Gasteiger partial charge >= 0.3 is 5.97 Å². The van der Waals surface area contributed by atoms with E-state index in [-0.39, 0.29) is 33.5 Å². The van der Waals surface area contributed by atoms with Crippen molar-refractivity contribution in [2.24, 2.45) is 0 Å². The van der Waals surface area contributed by atoms with Gasteiger partial charge in [0.05, 0.1) is 29.3 Å². The number of ether oxygens (including phenoxy) is 2. The first kappa shape index (κ1) is 20.3. The third-order valence-corrected chi connectivity index (χ3v) is 6.25. The van der Waals surface area contributed by atoms with Crippen molar-refractivity contribution in [3.8, 4) is 5.75 Å². The molecule has 1 heterocycles. The number of anilines is 1. The summed E-state index contributed by atoms with van der Waals surface area (Å²) in [6.07, 6.45) is 0.386. The molecule has 1 fully saturated rings. The van der Waals surface area contributed by atoms with Crippen molar-refractivity contribution in [3.05, 3.63) is 22.7 Å². The average molecular weight is 405 g/mol. The van der Waals surface area contributed by atoms with E-state index in [2.05, 4.69) is 0 Å². The van der Waals surface area contributed by atoms with Crippen LogP contribution in [0.15, 0.2) is 12.1 Å². The summed E-state index contributed by atoms with van der Waals surface area (Å²) in [4.78, 5) is 26.0. The first-order valence-electron chi connectivity index (χ1n) is 7.98. The van der Waals surface area contributed by atoms with E-state index in [9.17, 15) is 18.0 Å². The summed E-state index contributed by atoms with van der Waals surface area (Å²) in [7, 11) is -1.76. The molecule has 1 amide bonds. The monoisotopic (exact) mass is 404 g/mol. The number of methoxy groups -OCH3 is 1. The highest BCUT2D eigenvalue weighted by atomic mass is 35.5. The zero-order valence-corrected chi connectivity index (χ0v) is 16.1. The highest BCUT2D eigenvalue weighted by Gasteiger charge is 2.34. The Morgan fingerprint density at radius 3 is 2.62 bits per heavy atom. The first-order chi connectivity index (χ1) is 12.2. The van der Waals surface area contributed by atoms with Crippen LogP contribution in [-0.2, 0) is 19.4 Å². The number of benzene rings is 1. The molecule has 1 aromatic carbocycles. The van der Waals surface area contributed by atoms with Gasteiger partial charge in [-0.05, 0) is 19.4 Å². The minimum absolute atomic E-state index is 0.0472. The molecule has 0 bridgehead atoms. The molecule has 0 radical (unpaired) electrons. The highest BCUT2D eigenvalue weighted by Crippen LogP contribution is 2.29. The van der Waals surface area contributed by atoms with Crippen molar-refractivity contribution < 1.29 is 27.5 Å². The molecule has 0 aromatic heterocycles. The number of likely N-dealkylation sites (N-methyl/N-ethyl adjacent to an activating group) is 1. The van der Waals surface area contributed by atoms with Crippen molar-refractivity contribution in [1.82, 2.24) is 4.90 Å². The number of nitrogens with zero attached hydrogens (tertiary/aromatic N) is 1. The van der Waals surface area contributed by atoms with Gasteiger partial charge < -0.3 is 20.1 Å². The van der Waals surface area contributed by atoms with Gasteiger partial charge in [0.25, 0.3) is 5.91 Å². The molecule has 1 atom stereocenters. The third kappa shape index (κ3) is 4.59. The Labute approximate surface area is 157 Å². The van der Waals surface area contributed by atoms with Crippen LogP contribution < -0.4 is 10.5 Å². The Morgan fingerprint density at radius 1 is 1.38 bits per heavy atom. The number of halogens is 1. The molecule has 26 heavy (non-hydrogen) atoms. The number of nitrogens with two attached hydrogens (primary N) is 1. The van der Waals surface area contributed by atoms with Crippen molar-refractivity contribution >= 4 is 39.0 Å². The lowest BCUT2D eigenvalue weighted by atomic mass is 10.2. The van der Waals surface area contributed by atoms with Gasteiger partial charge in [-0.1, -0.05) is 11.6 Å². The van der Waals surface area contributed by atoms with E-state index in [0.717, 1.165) is 0 Å². The standard InChI is InChI=1S/C16H21ClN2O6S/c1-3-19(10-4-5-26(22,23)9-10)15(20)8-25-16(21)11-6-12(17)13(18)7-14(11)24-2/h6-7,10H,3-5,8-9,18H2,1-2H3/t10-/m1/s1. The normalized spacial score (nSPS) is 18.3. The van der Waals surface area contributed by atoms with Crippen LogP contribution in [0.1, 0.15) is 23.7 Å². The molecule has 0 unspecified atom stereocenters. The number of hydrogen-bond donors (Lipinski definition) is 1. The maximum atomic E-state index is 12.4. The van der Waals surface area contributed by atoms with Crippen LogP contribution in [0.5, 0.6) is 5.75 Å². The number of carbonyl (C=O) groups excluding carboxylic acids is 2. The summed E-state index contributed by atoms with van der Waals surface area (Å²) in [5.41, 5.74) is 5.96. The first-order valence-corrected chi connectivity index (χ1v) is 10.2. The largest absolute Gasteiger partial charge is 0.496 e. The van der Waals surface area contributed by atoms with Crippen LogP contribution in [-0.4, -0.2) is 63.0 Å². The molecule has 0 saturated carbocycles. The van der Waals surface area contributed by atoms with Crippen LogP contribution in [0, 0.1) is 0 Å². The van der Waals surface area contributed by atoms with Crippen LogP contribution in [0.25, 0.3) is 0 Å². The minimum Gasteiger partial charge on any atom is -0.496 e. The Morgan fingerprint density at radius 2 is 2.08 bits per heavy atom. The van der Waals surface area contributed by atoms with Crippen LogP contribution in [0.4, 0.5) is 5.69 Å². The molecule has 1 saturated heterocycles. The van der Waals surface area contributed by atoms with Crippen molar-refractivity contribution in [2.45, 2.75) is 19.4 Å². The SMILES string of the molecule is CCN(C(=O)COC(=O)c1cc(Cl)c(N)cc1OC)[C@@H]1CCS(=O)(=O)C1. The summed E-state index contributed by atoms with van der Waals surface area (Å²) in [5, 5.41) is 0.162. The lowest BCUT2D eigenvalue weighted by Crippen LogP contribution is -2.43. The van der Waals surface area contributed by atoms with Gasteiger partial charge in [-0.3, -0.25) is 4.79 Å². The van der Waals surface area contributed by atoms with E-state index >= 15 is 0 Å². The second-order valence-corrected chi connectivity index (χ2v) is 8.52. The number of amides is 1. The topological polar surface area (TPSA) is 116 Å². The molecule has 10 heteroatoms. The average Bonchev–Trinajstić information content (AvgIpc) is 2.94. The second-order valence-electron chi connectivity index (χ2n) is 5.89. The Bertz CT molecular complexity index is 811. The van der Waals surface area contributed by atoms with Crippen molar-refractivity contribution in [3.63, 3.8) is 0 Å². The van der Waals surface area contributed by atoms with Gasteiger partial charge in [-0.15, -0.1) is 0 Å². The summed E-state index contributed by atoms with van der Waals surface area (Å²) < 4.78 is 33.4. The zero-order chi connectivity index (χ0) is 19.5. The van der Waals surface area contributed by atoms with E-state index in [1.54, 1.807) is 6.92 Å². The lowest BCUT2D eigenvalue weighted by molar-refractivity contribution is -0.136. The van der Waals surface area contributed by atoms with Crippen molar-refractivity contribution in [2.75, 3.05) is 37.5 Å². The van der Waals surface area contributed by atoms with Gasteiger partial charge in [-0.2, -0.15) is 0 Å². The molecule has 0 spiro atoms. The van der Waals surface area contributed by atoms with Gasteiger partial charge in [0.1, 0.15) is 11.3 Å². The third-order valence-electron chi connectivity index (χ3n) is 4.18. The Hall–Kier alpha value is -2.00. The summed E-state index contributed by atoms with van der Waals surface area (Å²) >= 11 is 5.91. The number of rotatable bonds is 6. The minimum atomic E-state index is -3.12. The van der Waals surface area contributed by atoms with E-state index in [0.29, 0.717) is 13.0 Å². The molecule has 1 aliphatic heterocycles. The molecule has 144 valence electrons. The molecule has 0 aliphatic carbocycles. The fourth-order valence-electron chi connectivity index (χ4n) is 2.84. The van der Waals surface area contributed by atoms with Gasteiger partial charge in [0.15, 0.2) is 16.4 Å². The predicted octanol–water partition coefficient (Wildman–Crippen LogP) is 1.12. The number of esters is 1. The van der Waals surface area contributed by atoms with Crippen LogP contribution in [0.2, 0.25) is 5.02 Å². The van der Waals surface area contributed by atoms with E-state index in [4.69, 9.17) is 26.8 Å². The number of carbonyl (C=O) groups is 2. The number of sulfone groups is 1. The molecule has 1 aliphatic rings. The zero-order valence-electron chi connectivity index (χ0n) is 14.5. The van der Waals surface area contributed by atoms with E-state index in [1.165, 1.54) is 24.1 Å². The predicted molar refractivity (Wildman–Crippen MR) is 97.1 cm³/mol. The van der Waals surface area contributed by atoms with E-state index in [1.807, 2.05) is 0 Å². The van der Waals surface area contributed by atoms with Gasteiger partial charge in [0, 0.05) is 18.7 Å². The second kappa shape index (κ2) is 8.13.